The van der Waals surface area contributed by atoms with E-state index < -0.39 is 0 Å². The molecular formula is C20H26O2. The minimum atomic E-state index is 0.0458. The molecule has 1 aliphatic carbocycles. The number of ether oxygens (including phenoxy) is 2. The van der Waals surface area contributed by atoms with Crippen molar-refractivity contribution in [3.63, 3.8) is 0 Å². The third kappa shape index (κ3) is 2.90. The van der Waals surface area contributed by atoms with Crippen LogP contribution in [0.2, 0.25) is 0 Å². The molecule has 2 aromatic carbocycles. The van der Waals surface area contributed by atoms with Gasteiger partial charge in [-0.1, -0.05) is 63.1 Å². The second-order valence-corrected chi connectivity index (χ2v) is 6.08. The quantitative estimate of drug-likeness (QED) is 0.593. The molecular weight excluding hydrogens is 272 g/mol. The first kappa shape index (κ1) is 15.5. The molecule has 0 radical (unpaired) electrons. The van der Waals surface area contributed by atoms with Crippen molar-refractivity contribution in [2.45, 2.75) is 51.7 Å². The molecule has 0 saturated heterocycles. The van der Waals surface area contributed by atoms with Crippen LogP contribution in [0, 0.1) is 0 Å². The average Bonchev–Trinajstić information content (AvgIpc) is 2.85. The molecule has 2 atom stereocenters. The highest BCUT2D eigenvalue weighted by atomic mass is 16.5. The maximum atomic E-state index is 6.23. The average molecular weight is 298 g/mol. The fourth-order valence-electron chi connectivity index (χ4n) is 3.26. The van der Waals surface area contributed by atoms with E-state index in [0.717, 1.165) is 38.9 Å². The predicted molar refractivity (Wildman–Crippen MR) is 91.2 cm³/mol. The van der Waals surface area contributed by atoms with Gasteiger partial charge in [-0.25, -0.2) is 0 Å². The van der Waals surface area contributed by atoms with Gasteiger partial charge < -0.3 is 9.47 Å². The zero-order valence-electron chi connectivity index (χ0n) is 13.7. The van der Waals surface area contributed by atoms with Gasteiger partial charge in [0, 0.05) is 13.2 Å². The molecule has 0 bridgehead atoms. The summed E-state index contributed by atoms with van der Waals surface area (Å²) in [6, 6.07) is 13.0. The molecule has 2 nitrogen and oxygen atoms in total. The summed E-state index contributed by atoms with van der Waals surface area (Å²) in [5, 5.41) is 2.63. The van der Waals surface area contributed by atoms with Crippen LogP contribution >= 0.6 is 0 Å². The molecule has 0 N–H and O–H groups in total. The molecule has 0 amide bonds. The van der Waals surface area contributed by atoms with Crippen LogP contribution in [0.25, 0.3) is 10.8 Å². The van der Waals surface area contributed by atoms with Crippen LogP contribution in [-0.4, -0.2) is 13.2 Å². The lowest BCUT2D eigenvalue weighted by atomic mass is 10.1. The van der Waals surface area contributed by atoms with Crippen molar-refractivity contribution in [1.82, 2.24) is 0 Å². The lowest BCUT2D eigenvalue weighted by molar-refractivity contribution is -0.0737. The Morgan fingerprint density at radius 3 is 1.73 bits per heavy atom. The molecule has 0 aliphatic heterocycles. The van der Waals surface area contributed by atoms with E-state index in [1.807, 2.05) is 0 Å². The molecule has 0 fully saturated rings. The normalized spacial score (nSPS) is 19.9. The van der Waals surface area contributed by atoms with Crippen LogP contribution in [0.5, 0.6) is 0 Å². The second kappa shape index (κ2) is 7.26. The molecule has 0 spiro atoms. The maximum absolute atomic E-state index is 6.23. The lowest BCUT2D eigenvalue weighted by Gasteiger charge is -2.23. The Labute approximate surface area is 133 Å². The summed E-state index contributed by atoms with van der Waals surface area (Å²) in [6.07, 6.45) is 4.61. The van der Waals surface area contributed by atoms with E-state index in [9.17, 15) is 0 Å². The van der Waals surface area contributed by atoms with E-state index in [2.05, 4.69) is 50.2 Å². The minimum Gasteiger partial charge on any atom is -0.370 e. The second-order valence-electron chi connectivity index (χ2n) is 6.08. The van der Waals surface area contributed by atoms with Gasteiger partial charge in [0.25, 0.3) is 0 Å². The van der Waals surface area contributed by atoms with Crippen LogP contribution < -0.4 is 0 Å². The van der Waals surface area contributed by atoms with Gasteiger partial charge in [0.1, 0.15) is 12.2 Å². The van der Waals surface area contributed by atoms with Gasteiger partial charge in [0.05, 0.1) is 0 Å². The van der Waals surface area contributed by atoms with E-state index in [0.29, 0.717) is 0 Å². The van der Waals surface area contributed by atoms with Crippen LogP contribution in [0.4, 0.5) is 0 Å². The maximum Gasteiger partial charge on any atom is 0.113 e. The topological polar surface area (TPSA) is 18.5 Å². The Bertz CT molecular complexity index is 569. The van der Waals surface area contributed by atoms with Gasteiger partial charge >= 0.3 is 0 Å². The summed E-state index contributed by atoms with van der Waals surface area (Å²) in [4.78, 5) is 0. The van der Waals surface area contributed by atoms with Gasteiger partial charge in [0.2, 0.25) is 0 Å². The highest BCUT2D eigenvalue weighted by Gasteiger charge is 2.35. The summed E-state index contributed by atoms with van der Waals surface area (Å²) in [5.41, 5.74) is 2.59. The zero-order valence-corrected chi connectivity index (χ0v) is 13.7. The largest absolute Gasteiger partial charge is 0.370 e. The Kier molecular flexibility index (Phi) is 5.12. The Hall–Kier alpha value is -1.38. The van der Waals surface area contributed by atoms with Gasteiger partial charge in [-0.05, 0) is 34.7 Å². The van der Waals surface area contributed by atoms with Crippen molar-refractivity contribution in [3.8, 4) is 0 Å². The fourth-order valence-corrected chi connectivity index (χ4v) is 3.26. The number of unbranched alkanes of at least 4 members (excludes halogenated alkanes) is 2. The summed E-state index contributed by atoms with van der Waals surface area (Å²) >= 11 is 0. The van der Waals surface area contributed by atoms with E-state index in [1.54, 1.807) is 0 Å². The molecule has 0 unspecified atom stereocenters. The zero-order chi connectivity index (χ0) is 15.4. The third-order valence-corrected chi connectivity index (χ3v) is 4.45. The molecule has 2 heteroatoms. The molecule has 1 aliphatic rings. The van der Waals surface area contributed by atoms with E-state index in [1.165, 1.54) is 21.9 Å². The Morgan fingerprint density at radius 2 is 1.27 bits per heavy atom. The van der Waals surface area contributed by atoms with Crippen molar-refractivity contribution in [2.24, 2.45) is 0 Å². The van der Waals surface area contributed by atoms with Crippen LogP contribution in [0.15, 0.2) is 36.4 Å². The van der Waals surface area contributed by atoms with Crippen molar-refractivity contribution >= 4 is 10.8 Å². The van der Waals surface area contributed by atoms with Crippen molar-refractivity contribution in [2.75, 3.05) is 13.2 Å². The minimum absolute atomic E-state index is 0.0458. The standard InChI is InChI=1S/C20H26O2/c1-3-5-13-21-19-16-11-7-9-15-10-8-12-17(18(15)16)20(19)22-14-6-4-2/h7-12,19-20H,3-6,13-14H2,1-2H3/t19-,20-/m0/s1. The molecule has 0 saturated carbocycles. The van der Waals surface area contributed by atoms with E-state index in [4.69, 9.17) is 9.47 Å². The van der Waals surface area contributed by atoms with Crippen LogP contribution in [0.1, 0.15) is 62.9 Å². The summed E-state index contributed by atoms with van der Waals surface area (Å²) in [7, 11) is 0. The predicted octanol–water partition coefficient (Wildman–Crippen LogP) is 5.57. The first-order valence-electron chi connectivity index (χ1n) is 8.61. The van der Waals surface area contributed by atoms with Crippen molar-refractivity contribution in [1.29, 1.82) is 0 Å². The van der Waals surface area contributed by atoms with Crippen molar-refractivity contribution in [3.05, 3.63) is 47.5 Å². The highest BCUT2D eigenvalue weighted by Crippen LogP contribution is 2.47. The fraction of sp³-hybridized carbons (Fsp3) is 0.500. The third-order valence-electron chi connectivity index (χ3n) is 4.45. The van der Waals surface area contributed by atoms with Crippen LogP contribution in [0.3, 0.4) is 0 Å². The number of rotatable bonds is 8. The van der Waals surface area contributed by atoms with E-state index >= 15 is 0 Å². The Balaban J connectivity index is 1.90. The molecule has 3 rings (SSSR count). The molecule has 0 heterocycles. The summed E-state index contributed by atoms with van der Waals surface area (Å²) in [6.45, 7) is 6.00. The summed E-state index contributed by atoms with van der Waals surface area (Å²) in [5.74, 6) is 0. The van der Waals surface area contributed by atoms with Gasteiger partial charge in [-0.2, -0.15) is 0 Å². The van der Waals surface area contributed by atoms with Gasteiger partial charge in [-0.15, -0.1) is 0 Å². The monoisotopic (exact) mass is 298 g/mol. The SMILES string of the molecule is CCCCO[C@H]1c2cccc3cccc(c23)[C@@H]1OCCCC. The molecule has 118 valence electrons. The first-order chi connectivity index (χ1) is 10.9. The van der Waals surface area contributed by atoms with Crippen LogP contribution in [-0.2, 0) is 9.47 Å². The smallest absolute Gasteiger partial charge is 0.113 e. The summed E-state index contributed by atoms with van der Waals surface area (Å²) < 4.78 is 12.5. The highest BCUT2D eigenvalue weighted by molar-refractivity contribution is 5.91. The number of hydrogen-bond acceptors (Lipinski definition) is 2. The van der Waals surface area contributed by atoms with Gasteiger partial charge in [0.15, 0.2) is 0 Å². The molecule has 22 heavy (non-hydrogen) atoms. The molecule has 2 aromatic rings. The first-order valence-corrected chi connectivity index (χ1v) is 8.61. The number of benzene rings is 2. The lowest BCUT2D eigenvalue weighted by Crippen LogP contribution is -2.14. The van der Waals surface area contributed by atoms with E-state index in [-0.39, 0.29) is 12.2 Å². The van der Waals surface area contributed by atoms with Crippen molar-refractivity contribution < 1.29 is 9.47 Å². The van der Waals surface area contributed by atoms with Gasteiger partial charge in [-0.3, -0.25) is 0 Å². The number of hydrogen-bond donors (Lipinski definition) is 0. The Morgan fingerprint density at radius 1 is 0.773 bits per heavy atom. The molecule has 0 aromatic heterocycles.